The Morgan fingerprint density at radius 3 is 3.06 bits per heavy atom. The van der Waals surface area contributed by atoms with Crippen molar-refractivity contribution in [2.24, 2.45) is 0 Å². The highest BCUT2D eigenvalue weighted by atomic mass is 32.1. The van der Waals surface area contributed by atoms with Crippen LogP contribution < -0.4 is 10.6 Å². The minimum absolute atomic E-state index is 0.346. The predicted octanol–water partition coefficient (Wildman–Crippen LogP) is 2.07. The summed E-state index contributed by atoms with van der Waals surface area (Å²) in [5.41, 5.74) is 3.44. The Morgan fingerprint density at radius 2 is 2.50 bits per heavy atom. The second-order valence-electron chi connectivity index (χ2n) is 4.63. The molecule has 0 spiro atoms. The van der Waals surface area contributed by atoms with Gasteiger partial charge in [-0.05, 0) is 32.7 Å². The van der Waals surface area contributed by atoms with Crippen molar-refractivity contribution < 1.29 is 0 Å². The Labute approximate surface area is 102 Å². The zero-order valence-electron chi connectivity index (χ0n) is 10.2. The minimum Gasteiger partial charge on any atom is -0.310 e. The van der Waals surface area contributed by atoms with Gasteiger partial charge in [0, 0.05) is 23.5 Å². The molecule has 0 aromatic carbocycles. The molecular formula is C12H21N3S. The molecule has 1 fully saturated rings. The van der Waals surface area contributed by atoms with Gasteiger partial charge in [0.25, 0.3) is 0 Å². The van der Waals surface area contributed by atoms with Crippen molar-refractivity contribution in [2.75, 3.05) is 13.1 Å². The fourth-order valence-electron chi connectivity index (χ4n) is 2.36. The highest BCUT2D eigenvalue weighted by molar-refractivity contribution is 7.09. The molecule has 2 heterocycles. The van der Waals surface area contributed by atoms with Crippen LogP contribution in [0.2, 0.25) is 0 Å². The molecule has 1 aliphatic rings. The monoisotopic (exact) mass is 239 g/mol. The van der Waals surface area contributed by atoms with Gasteiger partial charge in [-0.25, -0.2) is 4.98 Å². The van der Waals surface area contributed by atoms with Crippen LogP contribution in [-0.4, -0.2) is 23.6 Å². The summed E-state index contributed by atoms with van der Waals surface area (Å²) >= 11 is 1.74. The number of hydrogen-bond acceptors (Lipinski definition) is 4. The molecule has 0 saturated carbocycles. The van der Waals surface area contributed by atoms with E-state index in [0.717, 1.165) is 13.1 Å². The lowest BCUT2D eigenvalue weighted by Crippen LogP contribution is -2.47. The molecule has 1 aromatic rings. The van der Waals surface area contributed by atoms with Crippen LogP contribution in [-0.2, 0) is 6.54 Å². The first-order valence-corrected chi connectivity index (χ1v) is 6.98. The van der Waals surface area contributed by atoms with Gasteiger partial charge in [-0.1, -0.05) is 6.92 Å². The van der Waals surface area contributed by atoms with Crippen LogP contribution in [0.25, 0.3) is 0 Å². The van der Waals surface area contributed by atoms with Crippen LogP contribution in [0, 0.1) is 6.92 Å². The first-order valence-electron chi connectivity index (χ1n) is 6.10. The molecular weight excluding hydrogens is 218 g/mol. The van der Waals surface area contributed by atoms with Gasteiger partial charge in [-0.2, -0.15) is 0 Å². The number of rotatable bonds is 5. The lowest BCUT2D eigenvalue weighted by atomic mass is 9.94. The van der Waals surface area contributed by atoms with Crippen LogP contribution in [0.4, 0.5) is 0 Å². The molecule has 1 atom stereocenters. The first kappa shape index (κ1) is 12.0. The Balaban J connectivity index is 1.81. The van der Waals surface area contributed by atoms with Crippen molar-refractivity contribution in [3.05, 3.63) is 16.1 Å². The van der Waals surface area contributed by atoms with E-state index in [2.05, 4.69) is 29.5 Å². The summed E-state index contributed by atoms with van der Waals surface area (Å²) in [4.78, 5) is 5.63. The summed E-state index contributed by atoms with van der Waals surface area (Å²) < 4.78 is 0. The molecule has 1 unspecified atom stereocenters. The maximum absolute atomic E-state index is 4.27. The predicted molar refractivity (Wildman–Crippen MR) is 68.8 cm³/mol. The number of nitrogens with zero attached hydrogens (tertiary/aromatic N) is 1. The smallest absolute Gasteiger partial charge is 0.0798 e. The summed E-state index contributed by atoms with van der Waals surface area (Å²) in [5.74, 6) is 0. The van der Waals surface area contributed by atoms with E-state index in [4.69, 9.17) is 0 Å². The fraction of sp³-hybridized carbons (Fsp3) is 0.750. The molecule has 0 radical (unpaired) electrons. The van der Waals surface area contributed by atoms with Gasteiger partial charge >= 0.3 is 0 Å². The van der Waals surface area contributed by atoms with Crippen LogP contribution in [0.5, 0.6) is 0 Å². The maximum Gasteiger partial charge on any atom is 0.0798 e. The van der Waals surface area contributed by atoms with Gasteiger partial charge < -0.3 is 10.6 Å². The number of nitrogens with one attached hydrogen (secondary N) is 2. The van der Waals surface area contributed by atoms with Crippen LogP contribution in [0.3, 0.4) is 0 Å². The number of hydrogen-bond donors (Lipinski definition) is 2. The average Bonchev–Trinajstić information content (AvgIpc) is 2.90. The normalized spacial score (nSPS) is 25.1. The summed E-state index contributed by atoms with van der Waals surface area (Å²) in [7, 11) is 0. The zero-order chi connectivity index (χ0) is 11.4. The third-order valence-corrected chi connectivity index (χ3v) is 4.54. The fourth-order valence-corrected chi connectivity index (χ4v) is 3.10. The summed E-state index contributed by atoms with van der Waals surface area (Å²) in [6.07, 6.45) is 3.83. The van der Waals surface area contributed by atoms with Crippen molar-refractivity contribution >= 4 is 11.3 Å². The molecule has 90 valence electrons. The van der Waals surface area contributed by atoms with Crippen LogP contribution >= 0.6 is 11.3 Å². The molecule has 1 aromatic heterocycles. The Kier molecular flexibility index (Phi) is 3.95. The molecule has 4 heteroatoms. The van der Waals surface area contributed by atoms with E-state index >= 15 is 0 Å². The van der Waals surface area contributed by atoms with Crippen molar-refractivity contribution in [3.63, 3.8) is 0 Å². The highest BCUT2D eigenvalue weighted by Gasteiger charge is 2.30. The number of thiazole rings is 1. The first-order chi connectivity index (χ1) is 7.76. The molecule has 2 N–H and O–H groups in total. The van der Waals surface area contributed by atoms with Gasteiger partial charge in [0.1, 0.15) is 0 Å². The molecule has 2 rings (SSSR count). The lowest BCUT2D eigenvalue weighted by Gasteiger charge is -2.28. The van der Waals surface area contributed by atoms with Crippen molar-refractivity contribution in [1.82, 2.24) is 15.6 Å². The summed E-state index contributed by atoms with van der Waals surface area (Å²) in [6, 6.07) is 0. The van der Waals surface area contributed by atoms with Gasteiger partial charge in [0.2, 0.25) is 0 Å². The van der Waals surface area contributed by atoms with Crippen molar-refractivity contribution in [1.29, 1.82) is 0 Å². The molecule has 16 heavy (non-hydrogen) atoms. The van der Waals surface area contributed by atoms with E-state index in [1.54, 1.807) is 11.3 Å². The quantitative estimate of drug-likeness (QED) is 0.826. The molecule has 3 nitrogen and oxygen atoms in total. The van der Waals surface area contributed by atoms with Gasteiger partial charge in [0.15, 0.2) is 0 Å². The zero-order valence-corrected chi connectivity index (χ0v) is 11.0. The van der Waals surface area contributed by atoms with Crippen molar-refractivity contribution in [2.45, 2.75) is 45.2 Å². The minimum atomic E-state index is 0.346. The topological polar surface area (TPSA) is 37.0 Å². The summed E-state index contributed by atoms with van der Waals surface area (Å²) in [5, 5.41) is 7.21. The van der Waals surface area contributed by atoms with E-state index in [0.29, 0.717) is 5.54 Å². The van der Waals surface area contributed by atoms with Gasteiger partial charge in [0.05, 0.1) is 11.2 Å². The van der Waals surface area contributed by atoms with Crippen LogP contribution in [0.1, 0.15) is 36.8 Å². The van der Waals surface area contributed by atoms with E-state index < -0.39 is 0 Å². The Bertz CT molecular complexity index is 329. The van der Waals surface area contributed by atoms with Gasteiger partial charge in [-0.3, -0.25) is 0 Å². The molecule has 0 amide bonds. The molecule has 0 aliphatic carbocycles. The third kappa shape index (κ3) is 2.62. The summed E-state index contributed by atoms with van der Waals surface area (Å²) in [6.45, 7) is 7.56. The van der Waals surface area contributed by atoms with E-state index in [1.165, 1.54) is 36.4 Å². The third-order valence-electron chi connectivity index (χ3n) is 3.60. The Morgan fingerprint density at radius 1 is 1.62 bits per heavy atom. The van der Waals surface area contributed by atoms with E-state index in [1.807, 2.05) is 5.51 Å². The molecule has 1 aliphatic heterocycles. The second kappa shape index (κ2) is 5.25. The van der Waals surface area contributed by atoms with E-state index in [9.17, 15) is 0 Å². The van der Waals surface area contributed by atoms with Crippen molar-refractivity contribution in [3.8, 4) is 0 Å². The SMILES string of the molecule is CCC1(CNCc2scnc2C)CCCN1. The standard InChI is InChI=1S/C12H21N3S/c1-3-12(5-4-6-15-12)8-13-7-11-10(2)14-9-16-11/h9,13,15H,3-8H2,1-2H3. The largest absolute Gasteiger partial charge is 0.310 e. The van der Waals surface area contributed by atoms with Crippen LogP contribution in [0.15, 0.2) is 5.51 Å². The number of aromatic nitrogens is 1. The van der Waals surface area contributed by atoms with E-state index in [-0.39, 0.29) is 0 Å². The lowest BCUT2D eigenvalue weighted by molar-refractivity contribution is 0.340. The molecule has 0 bridgehead atoms. The second-order valence-corrected chi connectivity index (χ2v) is 5.57. The molecule has 1 saturated heterocycles. The van der Waals surface area contributed by atoms with Gasteiger partial charge in [-0.15, -0.1) is 11.3 Å². The average molecular weight is 239 g/mol. The maximum atomic E-state index is 4.27. The highest BCUT2D eigenvalue weighted by Crippen LogP contribution is 2.22. The number of aryl methyl sites for hydroxylation is 1. The Hall–Kier alpha value is -0.450.